The molecular formula is C13H22N4O3S. The number of piperidine rings is 1. The Labute approximate surface area is 124 Å². The van der Waals surface area contributed by atoms with Crippen LogP contribution in [0.15, 0.2) is 11.1 Å². The van der Waals surface area contributed by atoms with Gasteiger partial charge in [-0.25, -0.2) is 8.42 Å². The van der Waals surface area contributed by atoms with Gasteiger partial charge in [-0.3, -0.25) is 4.68 Å². The van der Waals surface area contributed by atoms with Gasteiger partial charge < -0.3 is 10.8 Å². The molecule has 1 aromatic rings. The number of fused-ring (bicyclic) bond motifs is 1. The molecule has 0 bridgehead atoms. The predicted molar refractivity (Wildman–Crippen MR) is 77.9 cm³/mol. The van der Waals surface area contributed by atoms with E-state index in [1.54, 1.807) is 7.05 Å². The van der Waals surface area contributed by atoms with E-state index in [1.165, 1.54) is 15.2 Å². The average molecular weight is 314 g/mol. The first-order valence-corrected chi connectivity index (χ1v) is 8.78. The normalized spacial score (nSPS) is 31.0. The van der Waals surface area contributed by atoms with Crippen LogP contribution in [0.5, 0.6) is 0 Å². The minimum atomic E-state index is -3.64. The van der Waals surface area contributed by atoms with E-state index >= 15 is 0 Å². The van der Waals surface area contributed by atoms with Crippen molar-refractivity contribution >= 4 is 15.8 Å². The second-order valence-electron chi connectivity index (χ2n) is 6.21. The summed E-state index contributed by atoms with van der Waals surface area (Å²) in [6.07, 6.45) is 5.67. The Balaban J connectivity index is 1.86. The molecule has 0 spiro atoms. The van der Waals surface area contributed by atoms with E-state index in [0.717, 1.165) is 25.7 Å². The summed E-state index contributed by atoms with van der Waals surface area (Å²) in [7, 11) is -1.99. The fraction of sp³-hybridized carbons (Fsp3) is 0.769. The number of hydrogen-bond donors (Lipinski definition) is 2. The van der Waals surface area contributed by atoms with Crippen molar-refractivity contribution < 1.29 is 13.5 Å². The van der Waals surface area contributed by atoms with E-state index in [-0.39, 0.29) is 16.6 Å². The van der Waals surface area contributed by atoms with Crippen LogP contribution in [0, 0.1) is 5.92 Å². The molecule has 1 aliphatic heterocycles. The highest BCUT2D eigenvalue weighted by atomic mass is 32.2. The van der Waals surface area contributed by atoms with Crippen LogP contribution >= 0.6 is 0 Å². The molecule has 2 unspecified atom stereocenters. The lowest BCUT2D eigenvalue weighted by atomic mass is 9.72. The molecule has 0 aromatic carbocycles. The Bertz CT molecular complexity index is 642. The third-order valence-electron chi connectivity index (χ3n) is 4.83. The number of nitrogens with two attached hydrogens (primary N) is 1. The van der Waals surface area contributed by atoms with Gasteiger partial charge in [-0.2, -0.15) is 9.40 Å². The highest BCUT2D eigenvalue weighted by molar-refractivity contribution is 7.89. The lowest BCUT2D eigenvalue weighted by molar-refractivity contribution is -0.0816. The summed E-state index contributed by atoms with van der Waals surface area (Å²) in [5.74, 6) is 0.0506. The molecule has 2 fully saturated rings. The molecule has 1 saturated heterocycles. The summed E-state index contributed by atoms with van der Waals surface area (Å²) >= 11 is 0. The summed E-state index contributed by atoms with van der Waals surface area (Å²) in [5.41, 5.74) is 5.02. The maximum absolute atomic E-state index is 12.7. The Morgan fingerprint density at radius 2 is 2.19 bits per heavy atom. The van der Waals surface area contributed by atoms with Crippen LogP contribution in [0.3, 0.4) is 0 Å². The molecule has 1 aliphatic carbocycles. The standard InChI is InChI=1S/C13H22N4O3S/c1-16-9-11(12(14)15-16)21(19,20)17-7-6-13(18)5-3-2-4-10(13)8-17/h9-10,18H,2-8H2,1H3,(H2,14,15). The Morgan fingerprint density at radius 1 is 1.43 bits per heavy atom. The predicted octanol–water partition coefficient (Wildman–Crippen LogP) is 0.318. The molecule has 1 saturated carbocycles. The average Bonchev–Trinajstić information content (AvgIpc) is 2.77. The second kappa shape index (κ2) is 4.96. The van der Waals surface area contributed by atoms with Crippen LogP contribution in [0.25, 0.3) is 0 Å². The minimum Gasteiger partial charge on any atom is -0.390 e. The molecule has 7 nitrogen and oxygen atoms in total. The lowest BCUT2D eigenvalue weighted by Crippen LogP contribution is -2.54. The van der Waals surface area contributed by atoms with E-state index < -0.39 is 15.6 Å². The molecule has 8 heteroatoms. The third kappa shape index (κ3) is 2.45. The quantitative estimate of drug-likeness (QED) is 0.818. The smallest absolute Gasteiger partial charge is 0.248 e. The molecule has 21 heavy (non-hydrogen) atoms. The number of hydrogen-bond acceptors (Lipinski definition) is 5. The number of sulfonamides is 1. The van der Waals surface area contributed by atoms with Crippen LogP contribution in [0.4, 0.5) is 5.82 Å². The van der Waals surface area contributed by atoms with Crippen molar-refractivity contribution in [1.29, 1.82) is 0 Å². The number of aliphatic hydroxyl groups is 1. The Hall–Kier alpha value is -1.12. The maximum Gasteiger partial charge on any atom is 0.248 e. The number of rotatable bonds is 2. The van der Waals surface area contributed by atoms with E-state index in [4.69, 9.17) is 5.73 Å². The van der Waals surface area contributed by atoms with Gasteiger partial charge in [0, 0.05) is 32.3 Å². The summed E-state index contributed by atoms with van der Waals surface area (Å²) in [4.78, 5) is 0.0613. The molecule has 118 valence electrons. The molecule has 2 atom stereocenters. The molecular weight excluding hydrogens is 292 g/mol. The minimum absolute atomic E-state index is 0.0210. The van der Waals surface area contributed by atoms with Gasteiger partial charge in [0.2, 0.25) is 10.0 Å². The van der Waals surface area contributed by atoms with Crippen molar-refractivity contribution in [1.82, 2.24) is 14.1 Å². The zero-order chi connectivity index (χ0) is 15.3. The van der Waals surface area contributed by atoms with E-state index in [0.29, 0.717) is 19.5 Å². The molecule has 1 aromatic heterocycles. The monoisotopic (exact) mass is 314 g/mol. The van der Waals surface area contributed by atoms with E-state index in [1.807, 2.05) is 0 Å². The van der Waals surface area contributed by atoms with E-state index in [9.17, 15) is 13.5 Å². The molecule has 2 heterocycles. The third-order valence-corrected chi connectivity index (χ3v) is 6.71. The molecule has 3 N–H and O–H groups in total. The van der Waals surface area contributed by atoms with Crippen LogP contribution in [0.1, 0.15) is 32.1 Å². The zero-order valence-electron chi connectivity index (χ0n) is 12.2. The van der Waals surface area contributed by atoms with Crippen molar-refractivity contribution in [2.75, 3.05) is 18.8 Å². The number of nitrogen functional groups attached to an aromatic ring is 1. The van der Waals surface area contributed by atoms with Crippen LogP contribution in [-0.2, 0) is 17.1 Å². The first-order valence-electron chi connectivity index (χ1n) is 7.34. The molecule has 0 amide bonds. The summed E-state index contributed by atoms with van der Waals surface area (Å²) < 4.78 is 28.3. The highest BCUT2D eigenvalue weighted by Gasteiger charge is 2.46. The second-order valence-corrected chi connectivity index (χ2v) is 8.12. The summed E-state index contributed by atoms with van der Waals surface area (Å²) in [6.45, 7) is 0.705. The lowest BCUT2D eigenvalue weighted by Gasteiger charge is -2.46. The van der Waals surface area contributed by atoms with Crippen molar-refractivity contribution in [2.45, 2.75) is 42.6 Å². The van der Waals surface area contributed by atoms with Crippen molar-refractivity contribution in [3.8, 4) is 0 Å². The van der Waals surface area contributed by atoms with Gasteiger partial charge in [0.1, 0.15) is 4.90 Å². The first-order chi connectivity index (χ1) is 9.83. The molecule has 0 radical (unpaired) electrons. The van der Waals surface area contributed by atoms with Gasteiger partial charge in [0.15, 0.2) is 5.82 Å². The summed E-state index contributed by atoms with van der Waals surface area (Å²) in [5, 5.41) is 14.5. The van der Waals surface area contributed by atoms with Gasteiger partial charge in [0.25, 0.3) is 0 Å². The van der Waals surface area contributed by atoms with E-state index in [2.05, 4.69) is 5.10 Å². The zero-order valence-corrected chi connectivity index (χ0v) is 13.0. The van der Waals surface area contributed by atoms with Crippen LogP contribution < -0.4 is 5.73 Å². The number of nitrogens with zero attached hydrogens (tertiary/aromatic N) is 3. The SMILES string of the molecule is Cn1cc(S(=O)(=O)N2CCC3(O)CCCCC3C2)c(N)n1. The largest absolute Gasteiger partial charge is 0.390 e. The fourth-order valence-corrected chi connectivity index (χ4v) is 5.16. The van der Waals surface area contributed by atoms with Gasteiger partial charge in [-0.15, -0.1) is 0 Å². The van der Waals surface area contributed by atoms with Crippen LogP contribution in [0.2, 0.25) is 0 Å². The van der Waals surface area contributed by atoms with Gasteiger partial charge in [-0.1, -0.05) is 12.8 Å². The number of aryl methyl sites for hydroxylation is 1. The van der Waals surface area contributed by atoms with Crippen molar-refractivity contribution in [2.24, 2.45) is 13.0 Å². The van der Waals surface area contributed by atoms with Crippen molar-refractivity contribution in [3.05, 3.63) is 6.20 Å². The summed E-state index contributed by atoms with van der Waals surface area (Å²) in [6, 6.07) is 0. The van der Waals surface area contributed by atoms with Gasteiger partial charge >= 0.3 is 0 Å². The van der Waals surface area contributed by atoms with Gasteiger partial charge in [0.05, 0.1) is 5.60 Å². The Morgan fingerprint density at radius 3 is 2.86 bits per heavy atom. The number of aromatic nitrogens is 2. The van der Waals surface area contributed by atoms with Crippen LogP contribution in [-0.4, -0.2) is 46.3 Å². The Kier molecular flexibility index (Phi) is 3.50. The maximum atomic E-state index is 12.7. The van der Waals surface area contributed by atoms with Gasteiger partial charge in [-0.05, 0) is 19.3 Å². The topological polar surface area (TPSA) is 101 Å². The highest BCUT2D eigenvalue weighted by Crippen LogP contribution is 2.41. The molecule has 2 aliphatic rings. The number of anilines is 1. The fourth-order valence-electron chi connectivity index (χ4n) is 3.58. The molecule has 3 rings (SSSR count). The van der Waals surface area contributed by atoms with Crippen molar-refractivity contribution in [3.63, 3.8) is 0 Å². The first kappa shape index (κ1) is 14.8.